The Balaban J connectivity index is 2.58. The van der Waals surface area contributed by atoms with Gasteiger partial charge in [0.15, 0.2) is 0 Å². The van der Waals surface area contributed by atoms with Gasteiger partial charge in [0.25, 0.3) is 0 Å². The van der Waals surface area contributed by atoms with Crippen LogP contribution >= 0.6 is 0 Å². The summed E-state index contributed by atoms with van der Waals surface area (Å²) in [6.07, 6.45) is 5.80. The molecule has 3 heteroatoms. The zero-order chi connectivity index (χ0) is 18.1. The molecule has 3 nitrogen and oxygen atoms in total. The van der Waals surface area contributed by atoms with Crippen molar-refractivity contribution < 1.29 is 15.0 Å². The van der Waals surface area contributed by atoms with Crippen molar-refractivity contribution in [3.8, 4) is 0 Å². The molecule has 1 fully saturated rings. The molecule has 7 atom stereocenters. The monoisotopic (exact) mass is 336 g/mol. The lowest BCUT2D eigenvalue weighted by atomic mass is 9.47. The zero-order valence-electron chi connectivity index (χ0n) is 16.1. The number of carbonyl (C=O) groups excluding carboxylic acids is 1. The molecule has 0 aromatic heterocycles. The van der Waals surface area contributed by atoms with Crippen LogP contribution in [0.25, 0.3) is 0 Å². The molecule has 0 bridgehead atoms. The van der Waals surface area contributed by atoms with Gasteiger partial charge < -0.3 is 10.2 Å². The molecule has 0 amide bonds. The van der Waals surface area contributed by atoms with Crippen LogP contribution in [0.1, 0.15) is 60.3 Å². The van der Waals surface area contributed by atoms with Gasteiger partial charge in [0, 0.05) is 18.4 Å². The number of aliphatic hydroxyl groups excluding tert-OH is 2. The van der Waals surface area contributed by atoms with Crippen LogP contribution in [0.3, 0.4) is 0 Å². The lowest BCUT2D eigenvalue weighted by Gasteiger charge is -2.56. The quantitative estimate of drug-likeness (QED) is 0.725. The highest BCUT2D eigenvalue weighted by Gasteiger charge is 2.56. The van der Waals surface area contributed by atoms with Gasteiger partial charge in [-0.3, -0.25) is 4.79 Å². The fourth-order valence-corrected chi connectivity index (χ4v) is 6.16. The molecule has 0 heterocycles. The predicted molar refractivity (Wildman–Crippen MR) is 97.5 cm³/mol. The number of carbonyl (C=O) groups is 1. The van der Waals surface area contributed by atoms with Gasteiger partial charge in [-0.05, 0) is 53.9 Å². The summed E-state index contributed by atoms with van der Waals surface area (Å²) < 4.78 is 0. The molecule has 2 aliphatic rings. The zero-order valence-corrected chi connectivity index (χ0v) is 16.1. The summed E-state index contributed by atoms with van der Waals surface area (Å²) in [5.74, 6) is 2.48. The standard InChI is InChI=1S/C21H36O3/c1-6-14(3)19-17(12-23)11-16-10-13(2)9-15(4)20(16)21(19,5)18(24)7-8-22/h11,13-16,19-20,22-23H,6-10,12H2,1-5H3/t13-,14+,15+,16+,19-,20?,21-/m0/s1. The molecule has 0 spiro atoms. The van der Waals surface area contributed by atoms with Crippen LogP contribution in [0.2, 0.25) is 0 Å². The minimum absolute atomic E-state index is 0.0446. The smallest absolute Gasteiger partial charge is 0.141 e. The minimum atomic E-state index is -0.477. The summed E-state index contributed by atoms with van der Waals surface area (Å²) in [7, 11) is 0. The van der Waals surface area contributed by atoms with Crippen molar-refractivity contribution in [1.29, 1.82) is 0 Å². The summed E-state index contributed by atoms with van der Waals surface area (Å²) in [4.78, 5) is 13.2. The van der Waals surface area contributed by atoms with Gasteiger partial charge in [-0.15, -0.1) is 0 Å². The Kier molecular flexibility index (Phi) is 6.30. The van der Waals surface area contributed by atoms with E-state index in [0.29, 0.717) is 29.6 Å². The van der Waals surface area contributed by atoms with Gasteiger partial charge in [0.2, 0.25) is 0 Å². The van der Waals surface area contributed by atoms with Crippen LogP contribution in [0, 0.1) is 40.9 Å². The molecule has 0 radical (unpaired) electrons. The molecule has 2 rings (SSSR count). The fraction of sp³-hybridized carbons (Fsp3) is 0.857. The van der Waals surface area contributed by atoms with Crippen molar-refractivity contribution in [1.82, 2.24) is 0 Å². The number of hydrogen-bond donors (Lipinski definition) is 2. The third-order valence-corrected chi connectivity index (χ3v) is 7.02. The van der Waals surface area contributed by atoms with Gasteiger partial charge in [-0.2, -0.15) is 0 Å². The summed E-state index contributed by atoms with van der Waals surface area (Å²) in [6, 6.07) is 0. The number of Topliss-reactive ketones (excluding diaryl/α,β-unsaturated/α-hetero) is 1. The molecule has 138 valence electrons. The van der Waals surface area contributed by atoms with Crippen molar-refractivity contribution in [2.45, 2.75) is 60.3 Å². The molecule has 0 saturated heterocycles. The second kappa shape index (κ2) is 7.70. The van der Waals surface area contributed by atoms with Crippen LogP contribution < -0.4 is 0 Å². The highest BCUT2D eigenvalue weighted by Crippen LogP contribution is 2.58. The Hall–Kier alpha value is -0.670. The van der Waals surface area contributed by atoms with Crippen molar-refractivity contribution in [3.05, 3.63) is 11.6 Å². The number of ketones is 1. The number of fused-ring (bicyclic) bond motifs is 1. The number of hydrogen-bond acceptors (Lipinski definition) is 3. The molecule has 24 heavy (non-hydrogen) atoms. The average Bonchev–Trinajstić information content (AvgIpc) is 2.53. The van der Waals surface area contributed by atoms with E-state index in [1.165, 1.54) is 6.42 Å². The molecule has 1 unspecified atom stereocenters. The molecule has 2 aliphatic carbocycles. The first-order chi connectivity index (χ1) is 11.3. The Morgan fingerprint density at radius 2 is 2.00 bits per heavy atom. The van der Waals surface area contributed by atoms with Gasteiger partial charge in [-0.1, -0.05) is 47.1 Å². The Morgan fingerprint density at radius 1 is 1.33 bits per heavy atom. The van der Waals surface area contributed by atoms with E-state index >= 15 is 0 Å². The Labute approximate surface area is 147 Å². The highest BCUT2D eigenvalue weighted by atomic mass is 16.3. The first-order valence-corrected chi connectivity index (χ1v) is 9.76. The van der Waals surface area contributed by atoms with Gasteiger partial charge in [0.05, 0.1) is 6.61 Å². The molecule has 1 saturated carbocycles. The molecular formula is C21H36O3. The van der Waals surface area contributed by atoms with Gasteiger partial charge in [0.1, 0.15) is 5.78 Å². The van der Waals surface area contributed by atoms with Gasteiger partial charge >= 0.3 is 0 Å². The van der Waals surface area contributed by atoms with E-state index in [-0.39, 0.29) is 31.3 Å². The summed E-state index contributed by atoms with van der Waals surface area (Å²) >= 11 is 0. The first-order valence-electron chi connectivity index (χ1n) is 9.76. The molecule has 0 aromatic carbocycles. The number of aliphatic hydroxyl groups is 2. The molecule has 0 aliphatic heterocycles. The predicted octanol–water partition coefficient (Wildman–Crippen LogP) is 3.84. The van der Waals surface area contributed by atoms with Gasteiger partial charge in [-0.25, -0.2) is 0 Å². The van der Waals surface area contributed by atoms with Crippen molar-refractivity contribution >= 4 is 5.78 Å². The van der Waals surface area contributed by atoms with Crippen LogP contribution in [0.5, 0.6) is 0 Å². The maximum absolute atomic E-state index is 13.2. The first kappa shape index (κ1) is 19.7. The third kappa shape index (κ3) is 3.22. The maximum Gasteiger partial charge on any atom is 0.141 e. The topological polar surface area (TPSA) is 57.5 Å². The average molecular weight is 337 g/mol. The normalized spacial score (nSPS) is 40.6. The third-order valence-electron chi connectivity index (χ3n) is 7.02. The second-order valence-corrected chi connectivity index (χ2v) is 8.69. The molecule has 0 aromatic rings. The van der Waals surface area contributed by atoms with E-state index in [1.54, 1.807) is 0 Å². The Bertz CT molecular complexity index is 483. The Morgan fingerprint density at radius 3 is 2.54 bits per heavy atom. The van der Waals surface area contributed by atoms with Crippen molar-refractivity contribution in [2.24, 2.45) is 40.9 Å². The summed E-state index contributed by atoms with van der Waals surface area (Å²) in [6.45, 7) is 11.1. The van der Waals surface area contributed by atoms with E-state index in [9.17, 15) is 15.0 Å². The number of rotatable bonds is 6. The fourth-order valence-electron chi connectivity index (χ4n) is 6.16. The summed E-state index contributed by atoms with van der Waals surface area (Å²) in [5.41, 5.74) is 0.579. The lowest BCUT2D eigenvalue weighted by molar-refractivity contribution is -0.143. The van der Waals surface area contributed by atoms with Crippen LogP contribution in [-0.2, 0) is 4.79 Å². The molecule has 2 N–H and O–H groups in total. The lowest BCUT2D eigenvalue weighted by Crippen LogP contribution is -2.55. The van der Waals surface area contributed by atoms with Crippen molar-refractivity contribution in [3.63, 3.8) is 0 Å². The maximum atomic E-state index is 13.2. The van der Waals surface area contributed by atoms with Crippen LogP contribution in [-0.4, -0.2) is 29.2 Å². The van der Waals surface area contributed by atoms with E-state index in [1.807, 2.05) is 0 Å². The van der Waals surface area contributed by atoms with E-state index in [0.717, 1.165) is 18.4 Å². The van der Waals surface area contributed by atoms with Crippen molar-refractivity contribution in [2.75, 3.05) is 13.2 Å². The van der Waals surface area contributed by atoms with Crippen LogP contribution in [0.15, 0.2) is 11.6 Å². The second-order valence-electron chi connectivity index (χ2n) is 8.69. The molecular weight excluding hydrogens is 300 g/mol. The largest absolute Gasteiger partial charge is 0.396 e. The van der Waals surface area contributed by atoms with Crippen LogP contribution in [0.4, 0.5) is 0 Å². The highest BCUT2D eigenvalue weighted by molar-refractivity contribution is 5.86. The minimum Gasteiger partial charge on any atom is -0.396 e. The number of allylic oxidation sites excluding steroid dienone is 1. The van der Waals surface area contributed by atoms with E-state index in [2.05, 4.69) is 40.7 Å². The van der Waals surface area contributed by atoms with E-state index in [4.69, 9.17) is 0 Å². The summed E-state index contributed by atoms with van der Waals surface area (Å²) in [5, 5.41) is 19.4. The van der Waals surface area contributed by atoms with E-state index < -0.39 is 5.41 Å². The SMILES string of the molecule is CC[C@@H](C)[C@H]1C(CO)=C[C@H]2C[C@@H](C)C[C@@H](C)C2[C@@]1(C)C(=O)CCO.